The summed E-state index contributed by atoms with van der Waals surface area (Å²) in [5.41, 5.74) is 9.50. The molecule has 3 aromatic carbocycles. The molecule has 0 aliphatic carbocycles. The molecule has 0 unspecified atom stereocenters. The van der Waals surface area contributed by atoms with Crippen molar-refractivity contribution < 1.29 is 23.8 Å². The summed E-state index contributed by atoms with van der Waals surface area (Å²) in [6.07, 6.45) is 1.04. The van der Waals surface area contributed by atoms with Gasteiger partial charge in [-0.15, -0.1) is 0 Å². The fraction of sp³-hybridized carbons (Fsp3) is 0.333. The highest BCUT2D eigenvalue weighted by molar-refractivity contribution is 6.30. The van der Waals surface area contributed by atoms with Crippen LogP contribution in [0.25, 0.3) is 5.76 Å². The third-order valence-electron chi connectivity index (χ3n) is 7.38. The minimum absolute atomic E-state index is 0.104. The lowest BCUT2D eigenvalue weighted by Gasteiger charge is -2.31. The molecule has 0 radical (unpaired) electrons. The van der Waals surface area contributed by atoms with E-state index >= 15 is 0 Å². The molecular formula is C36H41ClN2O5. The normalized spacial score (nSPS) is 13.3. The SMILES string of the molecule is CCOC(=O)/C=C(/OC(=C1N(c2c(C)cc(C)cc2C)CCN1c1c(C)cc(C)cc1C)c1cccc(Cl)c1)C(=O)OCC. The summed E-state index contributed by atoms with van der Waals surface area (Å²) in [5, 5.41) is 0.498. The highest BCUT2D eigenvalue weighted by atomic mass is 35.5. The van der Waals surface area contributed by atoms with Crippen LogP contribution in [0, 0.1) is 41.5 Å². The molecule has 0 bridgehead atoms. The Morgan fingerprint density at radius 3 is 1.73 bits per heavy atom. The van der Waals surface area contributed by atoms with Crippen molar-refractivity contribution in [3.8, 4) is 0 Å². The zero-order chi connectivity index (χ0) is 32.1. The molecule has 4 rings (SSSR count). The van der Waals surface area contributed by atoms with Crippen molar-refractivity contribution in [2.24, 2.45) is 0 Å². The molecule has 7 nitrogen and oxygen atoms in total. The zero-order valence-corrected chi connectivity index (χ0v) is 27.6. The Bertz CT molecular complexity index is 1530. The quantitative estimate of drug-likeness (QED) is 0.138. The van der Waals surface area contributed by atoms with Crippen molar-refractivity contribution in [1.29, 1.82) is 0 Å². The fourth-order valence-electron chi connectivity index (χ4n) is 6.03. The zero-order valence-electron chi connectivity index (χ0n) is 26.8. The Morgan fingerprint density at radius 1 is 0.773 bits per heavy atom. The number of nitrogens with zero attached hydrogens (tertiary/aromatic N) is 2. The van der Waals surface area contributed by atoms with Crippen molar-refractivity contribution in [2.45, 2.75) is 55.4 Å². The molecule has 1 aliphatic rings. The molecule has 8 heteroatoms. The van der Waals surface area contributed by atoms with E-state index in [9.17, 15) is 9.59 Å². The summed E-state index contributed by atoms with van der Waals surface area (Å²) >= 11 is 6.53. The van der Waals surface area contributed by atoms with E-state index in [4.69, 9.17) is 25.8 Å². The summed E-state index contributed by atoms with van der Waals surface area (Å²) in [7, 11) is 0. The van der Waals surface area contributed by atoms with Crippen molar-refractivity contribution in [3.63, 3.8) is 0 Å². The molecule has 3 aromatic rings. The topological polar surface area (TPSA) is 68.3 Å². The van der Waals surface area contributed by atoms with Crippen LogP contribution in [0.1, 0.15) is 52.8 Å². The van der Waals surface area contributed by atoms with Crippen LogP contribution in [-0.4, -0.2) is 38.2 Å². The van der Waals surface area contributed by atoms with Crippen molar-refractivity contribution in [1.82, 2.24) is 0 Å². The lowest BCUT2D eigenvalue weighted by atomic mass is 10.0. The van der Waals surface area contributed by atoms with Gasteiger partial charge in [-0.1, -0.05) is 59.1 Å². The van der Waals surface area contributed by atoms with Crippen LogP contribution in [-0.2, 0) is 23.8 Å². The van der Waals surface area contributed by atoms with Crippen LogP contribution in [0.3, 0.4) is 0 Å². The summed E-state index contributed by atoms with van der Waals surface area (Å²) in [5.74, 6) is -0.693. The standard InChI is InChI=1S/C36H41ClN2O5/c1-9-42-31(40)21-30(36(41)43-10-2)44-34(28-12-11-13-29(37)20-28)35-38(32-24(5)16-22(3)17-25(32)6)14-15-39(35)33-26(7)18-23(4)19-27(33)8/h11-13,16-21H,9-10,14-15H2,1-8H3/b30-21+. The van der Waals surface area contributed by atoms with Gasteiger partial charge in [-0.3, -0.25) is 0 Å². The van der Waals surface area contributed by atoms with Crippen LogP contribution in [0.2, 0.25) is 5.02 Å². The van der Waals surface area contributed by atoms with Gasteiger partial charge in [0.15, 0.2) is 11.6 Å². The van der Waals surface area contributed by atoms with E-state index in [-0.39, 0.29) is 19.0 Å². The van der Waals surface area contributed by atoms with Gasteiger partial charge in [-0.05, 0) is 89.8 Å². The van der Waals surface area contributed by atoms with Crippen molar-refractivity contribution in [2.75, 3.05) is 36.1 Å². The first kappa shape index (κ1) is 32.7. The lowest BCUT2D eigenvalue weighted by molar-refractivity contribution is -0.143. The van der Waals surface area contributed by atoms with Gasteiger partial charge in [-0.25, -0.2) is 9.59 Å². The summed E-state index contributed by atoms with van der Waals surface area (Å²) in [6, 6.07) is 15.9. The second kappa shape index (κ2) is 14.0. The monoisotopic (exact) mass is 616 g/mol. The molecule has 1 fully saturated rings. The van der Waals surface area contributed by atoms with E-state index in [0.29, 0.717) is 29.4 Å². The number of rotatable bonds is 9. The Balaban J connectivity index is 2.09. The number of hydrogen-bond acceptors (Lipinski definition) is 7. The van der Waals surface area contributed by atoms with Gasteiger partial charge in [0.1, 0.15) is 0 Å². The van der Waals surface area contributed by atoms with Gasteiger partial charge in [0.2, 0.25) is 5.76 Å². The number of benzene rings is 3. The second-order valence-corrected chi connectivity index (χ2v) is 11.5. The molecule has 0 atom stereocenters. The van der Waals surface area contributed by atoms with Crippen molar-refractivity contribution in [3.05, 3.63) is 110 Å². The maximum absolute atomic E-state index is 13.2. The number of esters is 2. The van der Waals surface area contributed by atoms with Crippen LogP contribution in [0.15, 0.2) is 66.2 Å². The van der Waals surface area contributed by atoms with Gasteiger partial charge in [0, 0.05) is 35.1 Å². The predicted octanol–water partition coefficient (Wildman–Crippen LogP) is 7.87. The van der Waals surface area contributed by atoms with Crippen LogP contribution >= 0.6 is 11.6 Å². The van der Waals surface area contributed by atoms with Crippen LogP contribution < -0.4 is 9.80 Å². The summed E-state index contributed by atoms with van der Waals surface area (Å²) in [4.78, 5) is 30.3. The highest BCUT2D eigenvalue weighted by Crippen LogP contribution is 2.42. The molecule has 0 aromatic heterocycles. The molecule has 0 spiro atoms. The molecule has 44 heavy (non-hydrogen) atoms. The summed E-state index contributed by atoms with van der Waals surface area (Å²) in [6.45, 7) is 17.5. The smallest absolute Gasteiger partial charge is 0.374 e. The Hall–Kier alpha value is -4.23. The van der Waals surface area contributed by atoms with Crippen LogP contribution in [0.5, 0.6) is 0 Å². The second-order valence-electron chi connectivity index (χ2n) is 11.0. The molecule has 0 N–H and O–H groups in total. The largest absolute Gasteiger partial charge is 0.463 e. The number of aryl methyl sites for hydroxylation is 6. The predicted molar refractivity (Wildman–Crippen MR) is 177 cm³/mol. The van der Waals surface area contributed by atoms with E-state index in [1.165, 1.54) is 11.1 Å². The Morgan fingerprint density at radius 2 is 1.27 bits per heavy atom. The van der Waals surface area contributed by atoms with Gasteiger partial charge in [0.05, 0.1) is 19.3 Å². The van der Waals surface area contributed by atoms with Gasteiger partial charge < -0.3 is 24.0 Å². The maximum atomic E-state index is 13.2. The molecule has 232 valence electrons. The van der Waals surface area contributed by atoms with Crippen LogP contribution in [0.4, 0.5) is 11.4 Å². The maximum Gasteiger partial charge on any atom is 0.374 e. The Kier molecular flexibility index (Phi) is 10.4. The molecule has 0 amide bonds. The van der Waals surface area contributed by atoms with E-state index in [0.717, 1.165) is 45.5 Å². The molecule has 0 saturated carbocycles. The third kappa shape index (κ3) is 7.11. The number of carbonyl (C=O) groups is 2. The Labute approximate surface area is 265 Å². The molecular weight excluding hydrogens is 576 g/mol. The summed E-state index contributed by atoms with van der Waals surface area (Å²) < 4.78 is 17.0. The van der Waals surface area contributed by atoms with E-state index in [2.05, 4.69) is 75.6 Å². The van der Waals surface area contributed by atoms with E-state index in [1.807, 2.05) is 12.1 Å². The molecule has 1 aliphatic heterocycles. The first-order valence-electron chi connectivity index (χ1n) is 14.9. The fourth-order valence-corrected chi connectivity index (χ4v) is 6.22. The first-order valence-corrected chi connectivity index (χ1v) is 15.3. The number of hydrogen-bond donors (Lipinski definition) is 0. The van der Waals surface area contributed by atoms with Gasteiger partial charge in [-0.2, -0.15) is 0 Å². The number of halogens is 1. The highest BCUT2D eigenvalue weighted by Gasteiger charge is 2.36. The molecule has 1 heterocycles. The van der Waals surface area contributed by atoms with Gasteiger partial charge in [0.25, 0.3) is 0 Å². The van der Waals surface area contributed by atoms with E-state index in [1.54, 1.807) is 26.0 Å². The average Bonchev–Trinajstić information content (AvgIpc) is 3.33. The minimum Gasteiger partial charge on any atom is -0.463 e. The van der Waals surface area contributed by atoms with Gasteiger partial charge >= 0.3 is 11.9 Å². The third-order valence-corrected chi connectivity index (χ3v) is 7.62. The number of ether oxygens (including phenoxy) is 3. The number of anilines is 2. The minimum atomic E-state index is -0.776. The lowest BCUT2D eigenvalue weighted by Crippen LogP contribution is -2.28. The first-order chi connectivity index (χ1) is 20.9. The van der Waals surface area contributed by atoms with E-state index < -0.39 is 11.9 Å². The number of carbonyl (C=O) groups excluding carboxylic acids is 2. The van der Waals surface area contributed by atoms with Crippen molar-refractivity contribution >= 4 is 40.7 Å². The average molecular weight is 617 g/mol. The molecule has 1 saturated heterocycles.